The van der Waals surface area contributed by atoms with Crippen LogP contribution in [0.3, 0.4) is 0 Å². The molecule has 3 rings (SSSR count). The Kier molecular flexibility index (Phi) is 4.42. The van der Waals surface area contributed by atoms with E-state index in [0.717, 1.165) is 6.26 Å². The Hall–Kier alpha value is -1.47. The summed E-state index contributed by atoms with van der Waals surface area (Å²) in [6.45, 7) is 0.0716. The molecule has 1 saturated heterocycles. The van der Waals surface area contributed by atoms with Gasteiger partial charge in [0.05, 0.1) is 22.6 Å². The summed E-state index contributed by atoms with van der Waals surface area (Å²) in [5.74, 6) is 0.293. The van der Waals surface area contributed by atoms with E-state index < -0.39 is 19.3 Å². The maximum absolute atomic E-state index is 11.5. The first-order valence-electron chi connectivity index (χ1n) is 6.80. The Bertz CT molecular complexity index is 808. The van der Waals surface area contributed by atoms with Crippen molar-refractivity contribution >= 4 is 36.2 Å². The molecule has 0 saturated carbocycles. The fourth-order valence-electron chi connectivity index (χ4n) is 2.40. The highest BCUT2D eigenvalue weighted by molar-refractivity contribution is 8.66. The Morgan fingerprint density at radius 3 is 3.00 bits per heavy atom. The van der Waals surface area contributed by atoms with Crippen molar-refractivity contribution in [2.24, 2.45) is 0 Å². The third-order valence-electron chi connectivity index (χ3n) is 3.58. The van der Waals surface area contributed by atoms with Crippen LogP contribution in [0.15, 0.2) is 12.7 Å². The lowest BCUT2D eigenvalue weighted by Crippen LogP contribution is -2.36. The predicted molar refractivity (Wildman–Crippen MR) is 83.9 cm³/mol. The van der Waals surface area contributed by atoms with Crippen molar-refractivity contribution in [2.75, 3.05) is 18.5 Å². The van der Waals surface area contributed by atoms with Crippen LogP contribution < -0.4 is 10.5 Å². The summed E-state index contributed by atoms with van der Waals surface area (Å²) in [7, 11) is -5.79. The number of anilines is 1. The van der Waals surface area contributed by atoms with E-state index in [1.54, 1.807) is 10.9 Å². The van der Waals surface area contributed by atoms with Gasteiger partial charge in [0.1, 0.15) is 24.3 Å². The number of rotatable bonds is 5. The van der Waals surface area contributed by atoms with Gasteiger partial charge in [-0.15, -0.1) is 0 Å². The Morgan fingerprint density at radius 1 is 1.48 bits per heavy atom. The van der Waals surface area contributed by atoms with E-state index in [2.05, 4.69) is 19.7 Å². The standard InChI is InChI=1S/C11H16N6O4S2/c1-22(18)23(19,20)16-4-7-2-3-8(21-7)17-6-15-9-10(12)13-5-14-11(9)17/h5-8,16H,2-4H2,1H3,(H2,12,13,14)/t7-,8+,22?/m0/s1. The molecule has 1 aliphatic rings. The highest BCUT2D eigenvalue weighted by atomic mass is 33.2. The molecule has 0 aromatic carbocycles. The number of nitrogens with one attached hydrogen (secondary N) is 1. The number of nitrogens with zero attached hydrogens (tertiary/aromatic N) is 4. The van der Waals surface area contributed by atoms with Gasteiger partial charge in [0, 0.05) is 6.54 Å². The number of hydrogen-bond donors (Lipinski definition) is 2. The van der Waals surface area contributed by atoms with Gasteiger partial charge >= 0.3 is 9.06 Å². The van der Waals surface area contributed by atoms with Gasteiger partial charge in [0.15, 0.2) is 11.5 Å². The maximum Gasteiger partial charge on any atom is 0.383 e. The van der Waals surface area contributed by atoms with Crippen LogP contribution in [-0.4, -0.2) is 51.4 Å². The molecule has 23 heavy (non-hydrogen) atoms. The molecule has 3 heterocycles. The van der Waals surface area contributed by atoms with Gasteiger partial charge in [-0.25, -0.2) is 15.0 Å². The van der Waals surface area contributed by atoms with Gasteiger partial charge < -0.3 is 15.0 Å². The largest absolute Gasteiger partial charge is 0.601 e. The molecule has 0 amide bonds. The number of aromatic nitrogens is 4. The van der Waals surface area contributed by atoms with Crippen LogP contribution in [0.2, 0.25) is 0 Å². The predicted octanol–water partition coefficient (Wildman–Crippen LogP) is -0.701. The van der Waals surface area contributed by atoms with E-state index in [4.69, 9.17) is 10.5 Å². The topological polar surface area (TPSA) is 148 Å². The van der Waals surface area contributed by atoms with Crippen molar-refractivity contribution in [1.82, 2.24) is 24.2 Å². The molecule has 10 nitrogen and oxygen atoms in total. The number of nitrogen functional groups attached to an aromatic ring is 1. The van der Waals surface area contributed by atoms with Gasteiger partial charge in [0.25, 0.3) is 0 Å². The van der Waals surface area contributed by atoms with Gasteiger partial charge in [-0.05, 0) is 12.8 Å². The first-order valence-corrected chi connectivity index (χ1v) is 10.4. The number of fused-ring (bicyclic) bond motifs is 1. The van der Waals surface area contributed by atoms with E-state index in [-0.39, 0.29) is 18.9 Å². The molecule has 0 bridgehead atoms. The van der Waals surface area contributed by atoms with Gasteiger partial charge in [-0.2, -0.15) is 13.1 Å². The Morgan fingerprint density at radius 2 is 2.26 bits per heavy atom. The maximum atomic E-state index is 11.5. The average Bonchev–Trinajstić information content (AvgIpc) is 3.12. The van der Waals surface area contributed by atoms with Crippen LogP contribution >= 0.6 is 0 Å². The zero-order valence-corrected chi connectivity index (χ0v) is 13.9. The van der Waals surface area contributed by atoms with Crippen LogP contribution in [0.25, 0.3) is 11.2 Å². The summed E-state index contributed by atoms with van der Waals surface area (Å²) < 4.78 is 43.9. The van der Waals surface area contributed by atoms with E-state index in [1.165, 1.54) is 6.33 Å². The quantitative estimate of drug-likeness (QED) is 0.525. The van der Waals surface area contributed by atoms with Crippen molar-refractivity contribution in [3.8, 4) is 0 Å². The van der Waals surface area contributed by atoms with Crippen LogP contribution in [0, 0.1) is 0 Å². The fraction of sp³-hybridized carbons (Fsp3) is 0.545. The summed E-state index contributed by atoms with van der Waals surface area (Å²) in [6.07, 6.45) is 4.76. The molecule has 3 atom stereocenters. The summed E-state index contributed by atoms with van der Waals surface area (Å²) in [5, 5.41) is 0. The molecule has 2 aromatic rings. The highest BCUT2D eigenvalue weighted by Gasteiger charge is 2.30. The zero-order chi connectivity index (χ0) is 16.6. The summed E-state index contributed by atoms with van der Waals surface area (Å²) in [6, 6.07) is 0. The summed E-state index contributed by atoms with van der Waals surface area (Å²) >= 11 is 0. The van der Waals surface area contributed by atoms with Crippen molar-refractivity contribution in [2.45, 2.75) is 25.2 Å². The van der Waals surface area contributed by atoms with Gasteiger partial charge in [-0.3, -0.25) is 4.57 Å². The molecule has 126 valence electrons. The molecule has 12 heteroatoms. The lowest BCUT2D eigenvalue weighted by Gasteiger charge is -2.15. The Labute approximate surface area is 135 Å². The van der Waals surface area contributed by atoms with Crippen LogP contribution in [-0.2, 0) is 24.0 Å². The molecule has 2 aromatic heterocycles. The number of ether oxygens (including phenoxy) is 1. The van der Waals surface area contributed by atoms with E-state index in [0.29, 0.717) is 29.8 Å². The lowest BCUT2D eigenvalue weighted by atomic mass is 10.2. The fourth-order valence-corrected chi connectivity index (χ4v) is 3.66. The van der Waals surface area contributed by atoms with Gasteiger partial charge in [-0.1, -0.05) is 0 Å². The van der Waals surface area contributed by atoms with E-state index >= 15 is 0 Å². The SMILES string of the molecule is C[S+]([O-])S(=O)(=O)NC[C@@H]1CC[C@H](n2cnc3c(N)ncnc32)O1. The minimum Gasteiger partial charge on any atom is -0.601 e. The molecule has 1 unspecified atom stereocenters. The molecule has 0 aliphatic carbocycles. The molecule has 1 aliphatic heterocycles. The normalized spacial score (nSPS) is 23.4. The lowest BCUT2D eigenvalue weighted by molar-refractivity contribution is 0.00717. The zero-order valence-electron chi connectivity index (χ0n) is 12.2. The molecular weight excluding hydrogens is 344 g/mol. The van der Waals surface area contributed by atoms with Crippen LogP contribution in [0.5, 0.6) is 0 Å². The molecule has 1 fully saturated rings. The molecule has 0 spiro atoms. The second kappa shape index (κ2) is 6.20. The number of nitrogens with two attached hydrogens (primary N) is 1. The Balaban J connectivity index is 1.69. The second-order valence-corrected chi connectivity index (χ2v) is 9.80. The van der Waals surface area contributed by atoms with Crippen molar-refractivity contribution in [3.63, 3.8) is 0 Å². The van der Waals surface area contributed by atoms with Crippen LogP contribution in [0.4, 0.5) is 5.82 Å². The smallest absolute Gasteiger partial charge is 0.383 e. The molecular formula is C11H16N6O4S2. The van der Waals surface area contributed by atoms with E-state index in [1.807, 2.05) is 0 Å². The van der Waals surface area contributed by atoms with Gasteiger partial charge in [0.2, 0.25) is 0 Å². The third kappa shape index (κ3) is 3.26. The van der Waals surface area contributed by atoms with Crippen molar-refractivity contribution in [3.05, 3.63) is 12.7 Å². The minimum atomic E-state index is -3.81. The monoisotopic (exact) mass is 360 g/mol. The molecule has 3 N–H and O–H groups in total. The average molecular weight is 360 g/mol. The highest BCUT2D eigenvalue weighted by Crippen LogP contribution is 2.30. The minimum absolute atomic E-state index is 0.0716. The first kappa shape index (κ1) is 16.4. The second-order valence-electron chi connectivity index (χ2n) is 5.08. The molecule has 0 radical (unpaired) electrons. The summed E-state index contributed by atoms with van der Waals surface area (Å²) in [5.41, 5.74) is 6.82. The number of hydrogen-bond acceptors (Lipinski definition) is 8. The third-order valence-corrected chi connectivity index (χ3v) is 6.92. The van der Waals surface area contributed by atoms with E-state index in [9.17, 15) is 13.0 Å². The summed E-state index contributed by atoms with van der Waals surface area (Å²) in [4.78, 5) is 12.2. The van der Waals surface area contributed by atoms with Crippen molar-refractivity contribution in [1.29, 1.82) is 0 Å². The number of imidazole rings is 1. The first-order chi connectivity index (χ1) is 10.9. The van der Waals surface area contributed by atoms with Crippen LogP contribution in [0.1, 0.15) is 19.1 Å². The van der Waals surface area contributed by atoms with Crippen molar-refractivity contribution < 1.29 is 17.7 Å².